The Balaban J connectivity index is 2.73. The predicted octanol–water partition coefficient (Wildman–Crippen LogP) is 0.159. The van der Waals surface area contributed by atoms with Gasteiger partial charge >= 0.3 is 12.1 Å². The molecule has 110 valence electrons. The molecule has 0 bridgehead atoms. The molecule has 0 saturated carbocycles. The van der Waals surface area contributed by atoms with Gasteiger partial charge in [-0.3, -0.25) is 4.79 Å². The van der Waals surface area contributed by atoms with Gasteiger partial charge in [0.2, 0.25) is 0 Å². The predicted molar refractivity (Wildman–Crippen MR) is 67.6 cm³/mol. The SMILES string of the molecule is CC(C)(C)OC(=O)N1CCCC1C(O)C(N)C(=O)O. The van der Waals surface area contributed by atoms with Crippen LogP contribution in [0.15, 0.2) is 0 Å². The van der Waals surface area contributed by atoms with E-state index < -0.39 is 35.9 Å². The zero-order valence-corrected chi connectivity index (χ0v) is 11.5. The van der Waals surface area contributed by atoms with Crippen LogP contribution in [-0.2, 0) is 9.53 Å². The molecule has 19 heavy (non-hydrogen) atoms. The number of hydrogen-bond donors (Lipinski definition) is 3. The van der Waals surface area contributed by atoms with Crippen molar-refractivity contribution in [2.75, 3.05) is 6.54 Å². The zero-order chi connectivity index (χ0) is 14.8. The van der Waals surface area contributed by atoms with Crippen LogP contribution < -0.4 is 5.73 Å². The molecule has 1 aliphatic rings. The molecular weight excluding hydrogens is 252 g/mol. The lowest BCUT2D eigenvalue weighted by atomic mass is 10.0. The molecule has 0 spiro atoms. The molecule has 0 radical (unpaired) electrons. The normalized spacial score (nSPS) is 23.0. The van der Waals surface area contributed by atoms with E-state index in [2.05, 4.69) is 0 Å². The van der Waals surface area contributed by atoms with E-state index in [-0.39, 0.29) is 0 Å². The third-order valence-corrected chi connectivity index (χ3v) is 2.97. The highest BCUT2D eigenvalue weighted by atomic mass is 16.6. The molecule has 7 nitrogen and oxygen atoms in total. The van der Waals surface area contributed by atoms with Crippen LogP contribution >= 0.6 is 0 Å². The molecule has 4 N–H and O–H groups in total. The molecule has 0 aliphatic carbocycles. The molecule has 1 amide bonds. The minimum atomic E-state index is -1.41. The molecule has 1 heterocycles. The van der Waals surface area contributed by atoms with Crippen molar-refractivity contribution in [2.24, 2.45) is 5.73 Å². The lowest BCUT2D eigenvalue weighted by Gasteiger charge is -2.32. The van der Waals surface area contributed by atoms with Crippen LogP contribution in [0.2, 0.25) is 0 Å². The Morgan fingerprint density at radius 2 is 2.00 bits per heavy atom. The summed E-state index contributed by atoms with van der Waals surface area (Å²) >= 11 is 0. The average molecular weight is 274 g/mol. The number of nitrogens with two attached hydrogens (primary N) is 1. The Bertz CT molecular complexity index is 353. The summed E-state index contributed by atoms with van der Waals surface area (Å²) in [6.07, 6.45) is -0.645. The first-order chi connectivity index (χ1) is 8.63. The lowest BCUT2D eigenvalue weighted by Crippen LogP contribution is -2.54. The van der Waals surface area contributed by atoms with E-state index in [1.165, 1.54) is 4.90 Å². The topological polar surface area (TPSA) is 113 Å². The number of nitrogens with zero attached hydrogens (tertiary/aromatic N) is 1. The highest BCUT2D eigenvalue weighted by molar-refractivity contribution is 5.74. The van der Waals surface area contributed by atoms with E-state index in [0.717, 1.165) is 0 Å². The van der Waals surface area contributed by atoms with Gasteiger partial charge < -0.3 is 25.6 Å². The fourth-order valence-electron chi connectivity index (χ4n) is 2.08. The summed E-state index contributed by atoms with van der Waals surface area (Å²) in [4.78, 5) is 24.1. The van der Waals surface area contributed by atoms with Crippen molar-refractivity contribution in [3.63, 3.8) is 0 Å². The second-order valence-electron chi connectivity index (χ2n) is 5.74. The maximum Gasteiger partial charge on any atom is 0.410 e. The van der Waals surface area contributed by atoms with E-state index in [9.17, 15) is 14.7 Å². The van der Waals surface area contributed by atoms with Crippen molar-refractivity contribution < 1.29 is 24.5 Å². The Morgan fingerprint density at radius 1 is 1.42 bits per heavy atom. The number of aliphatic carboxylic acids is 1. The van der Waals surface area contributed by atoms with E-state index in [0.29, 0.717) is 19.4 Å². The molecule has 3 atom stereocenters. The van der Waals surface area contributed by atoms with E-state index in [4.69, 9.17) is 15.6 Å². The minimum absolute atomic E-state index is 0.434. The summed E-state index contributed by atoms with van der Waals surface area (Å²) in [5.41, 5.74) is 4.77. The standard InChI is InChI=1S/C12H22N2O5/c1-12(2,3)19-11(18)14-6-4-5-7(14)9(15)8(13)10(16)17/h7-9,15H,4-6,13H2,1-3H3,(H,16,17). The summed E-state index contributed by atoms with van der Waals surface area (Å²) in [5.74, 6) is -1.29. The summed E-state index contributed by atoms with van der Waals surface area (Å²) in [7, 11) is 0. The number of rotatable bonds is 3. The summed E-state index contributed by atoms with van der Waals surface area (Å²) in [6.45, 7) is 5.67. The van der Waals surface area contributed by atoms with Gasteiger partial charge in [0.15, 0.2) is 0 Å². The number of carbonyl (C=O) groups excluding carboxylic acids is 1. The number of carboxylic acid groups (broad SMARTS) is 1. The summed E-state index contributed by atoms with van der Waals surface area (Å²) in [6, 6.07) is -2.02. The van der Waals surface area contributed by atoms with Gasteiger partial charge in [-0.2, -0.15) is 0 Å². The van der Waals surface area contributed by atoms with Gasteiger partial charge in [0.1, 0.15) is 17.7 Å². The summed E-state index contributed by atoms with van der Waals surface area (Å²) in [5, 5.41) is 18.8. The highest BCUT2D eigenvalue weighted by Crippen LogP contribution is 2.24. The molecule has 0 aromatic rings. The lowest BCUT2D eigenvalue weighted by molar-refractivity contribution is -0.142. The van der Waals surface area contributed by atoms with Crippen molar-refractivity contribution in [1.82, 2.24) is 4.90 Å². The molecular formula is C12H22N2O5. The third-order valence-electron chi connectivity index (χ3n) is 2.97. The van der Waals surface area contributed by atoms with Crippen molar-refractivity contribution in [3.8, 4) is 0 Å². The molecule has 0 aromatic carbocycles. The Labute approximate surface area is 112 Å². The van der Waals surface area contributed by atoms with Crippen LogP contribution in [0.5, 0.6) is 0 Å². The fraction of sp³-hybridized carbons (Fsp3) is 0.833. The number of likely N-dealkylation sites (tertiary alicyclic amines) is 1. The Morgan fingerprint density at radius 3 is 2.47 bits per heavy atom. The molecule has 1 aliphatic heterocycles. The van der Waals surface area contributed by atoms with Gasteiger partial charge in [-0.1, -0.05) is 0 Å². The maximum absolute atomic E-state index is 12.0. The van der Waals surface area contributed by atoms with Gasteiger partial charge in [-0.25, -0.2) is 4.79 Å². The smallest absolute Gasteiger partial charge is 0.410 e. The number of hydrogen-bond acceptors (Lipinski definition) is 5. The van der Waals surface area contributed by atoms with Crippen LogP contribution in [0.4, 0.5) is 4.79 Å². The van der Waals surface area contributed by atoms with Gasteiger partial charge in [0, 0.05) is 6.54 Å². The van der Waals surface area contributed by atoms with Gasteiger partial charge in [0.25, 0.3) is 0 Å². The van der Waals surface area contributed by atoms with E-state index in [1.54, 1.807) is 20.8 Å². The number of aliphatic hydroxyl groups excluding tert-OH is 1. The van der Waals surface area contributed by atoms with E-state index in [1.807, 2.05) is 0 Å². The van der Waals surface area contributed by atoms with Crippen molar-refractivity contribution in [1.29, 1.82) is 0 Å². The maximum atomic E-state index is 12.0. The summed E-state index contributed by atoms with van der Waals surface area (Å²) < 4.78 is 5.23. The Kier molecular flexibility index (Phi) is 4.75. The highest BCUT2D eigenvalue weighted by Gasteiger charge is 2.40. The Hall–Kier alpha value is -1.34. The number of carbonyl (C=O) groups is 2. The molecule has 1 saturated heterocycles. The van der Waals surface area contributed by atoms with Gasteiger partial charge in [0.05, 0.1) is 6.04 Å². The zero-order valence-electron chi connectivity index (χ0n) is 11.5. The van der Waals surface area contributed by atoms with Gasteiger partial charge in [-0.15, -0.1) is 0 Å². The number of ether oxygens (including phenoxy) is 1. The molecule has 0 aromatic heterocycles. The van der Waals surface area contributed by atoms with Gasteiger partial charge in [-0.05, 0) is 33.6 Å². The quantitative estimate of drug-likeness (QED) is 0.675. The second-order valence-corrected chi connectivity index (χ2v) is 5.74. The van der Waals surface area contributed by atoms with Crippen LogP contribution in [0, 0.1) is 0 Å². The third kappa shape index (κ3) is 4.07. The number of aliphatic hydroxyl groups is 1. The van der Waals surface area contributed by atoms with Crippen LogP contribution in [-0.4, -0.2) is 57.5 Å². The van der Waals surface area contributed by atoms with Crippen LogP contribution in [0.25, 0.3) is 0 Å². The van der Waals surface area contributed by atoms with Crippen molar-refractivity contribution >= 4 is 12.1 Å². The first-order valence-corrected chi connectivity index (χ1v) is 6.29. The minimum Gasteiger partial charge on any atom is -0.480 e. The first kappa shape index (κ1) is 15.7. The van der Waals surface area contributed by atoms with Crippen molar-refractivity contribution in [2.45, 2.75) is 57.4 Å². The number of amides is 1. The molecule has 7 heteroatoms. The van der Waals surface area contributed by atoms with Crippen molar-refractivity contribution in [3.05, 3.63) is 0 Å². The monoisotopic (exact) mass is 274 g/mol. The fourth-order valence-corrected chi connectivity index (χ4v) is 2.08. The van der Waals surface area contributed by atoms with Crippen LogP contribution in [0.3, 0.4) is 0 Å². The molecule has 1 fully saturated rings. The molecule has 3 unspecified atom stereocenters. The average Bonchev–Trinajstić information content (AvgIpc) is 2.73. The number of carboxylic acids is 1. The largest absolute Gasteiger partial charge is 0.480 e. The molecule has 1 rings (SSSR count). The second kappa shape index (κ2) is 5.75. The van der Waals surface area contributed by atoms with E-state index >= 15 is 0 Å². The van der Waals surface area contributed by atoms with Crippen LogP contribution in [0.1, 0.15) is 33.6 Å². The first-order valence-electron chi connectivity index (χ1n) is 6.29.